The molecule has 0 spiro atoms. The summed E-state index contributed by atoms with van der Waals surface area (Å²) in [6.07, 6.45) is 5.31. The van der Waals surface area contributed by atoms with Gasteiger partial charge >= 0.3 is 0 Å². The fourth-order valence-corrected chi connectivity index (χ4v) is 2.95. The quantitative estimate of drug-likeness (QED) is 0.836. The summed E-state index contributed by atoms with van der Waals surface area (Å²) in [5.74, 6) is 0.686. The summed E-state index contributed by atoms with van der Waals surface area (Å²) in [5.41, 5.74) is 5.86. The van der Waals surface area contributed by atoms with Gasteiger partial charge in [-0.3, -0.25) is 4.90 Å². The molecule has 0 aliphatic heterocycles. The van der Waals surface area contributed by atoms with Crippen LogP contribution in [0.4, 0.5) is 0 Å². The molecule has 1 fully saturated rings. The Hall–Kier alpha value is 0.140. The van der Waals surface area contributed by atoms with Crippen molar-refractivity contribution in [2.24, 2.45) is 11.7 Å². The van der Waals surface area contributed by atoms with Crippen LogP contribution in [0, 0.1) is 5.92 Å². The van der Waals surface area contributed by atoms with E-state index in [4.69, 9.17) is 5.73 Å². The van der Waals surface area contributed by atoms with Crippen molar-refractivity contribution in [1.29, 1.82) is 0 Å². The molecule has 0 bridgehead atoms. The highest BCUT2D eigenvalue weighted by Gasteiger charge is 2.28. The molecule has 1 rings (SSSR count). The number of nitrogens with zero attached hydrogens (tertiary/aromatic N) is 1. The van der Waals surface area contributed by atoms with E-state index in [-0.39, 0.29) is 0 Å². The van der Waals surface area contributed by atoms with Crippen LogP contribution in [0.25, 0.3) is 0 Å². The summed E-state index contributed by atoms with van der Waals surface area (Å²) in [7, 11) is 0. The number of hydrogen-bond acceptors (Lipinski definition) is 2. The van der Waals surface area contributed by atoms with Crippen LogP contribution in [0.2, 0.25) is 0 Å². The number of nitrogens with two attached hydrogens (primary N) is 1. The van der Waals surface area contributed by atoms with Crippen molar-refractivity contribution in [3.05, 3.63) is 11.1 Å². The Balaban J connectivity index is 2.58. The fourth-order valence-electron chi connectivity index (χ4n) is 2.63. The van der Waals surface area contributed by atoms with Gasteiger partial charge in [0.15, 0.2) is 0 Å². The Morgan fingerprint density at radius 1 is 1.47 bits per heavy atom. The Morgan fingerprint density at radius 2 is 2.13 bits per heavy atom. The summed E-state index contributed by atoms with van der Waals surface area (Å²) < 4.78 is 1.07. The Bertz CT molecular complexity index is 206. The first-order valence-corrected chi connectivity index (χ1v) is 6.75. The van der Waals surface area contributed by atoms with Crippen molar-refractivity contribution in [2.75, 3.05) is 19.6 Å². The molecule has 15 heavy (non-hydrogen) atoms. The maximum Gasteiger partial charge on any atom is 0.0296 e. The summed E-state index contributed by atoms with van der Waals surface area (Å²) >= 11 is 3.46. The Labute approximate surface area is 102 Å². The highest BCUT2D eigenvalue weighted by molar-refractivity contribution is 9.11. The summed E-state index contributed by atoms with van der Waals surface area (Å²) in [6.45, 7) is 9.03. The lowest BCUT2D eigenvalue weighted by atomic mass is 9.83. The minimum absolute atomic E-state index is 0.669. The smallest absolute Gasteiger partial charge is 0.0296 e. The van der Waals surface area contributed by atoms with Crippen molar-refractivity contribution >= 4 is 15.9 Å². The molecule has 0 amide bonds. The van der Waals surface area contributed by atoms with E-state index in [2.05, 4.69) is 34.3 Å². The van der Waals surface area contributed by atoms with Gasteiger partial charge in [-0.15, -0.1) is 0 Å². The van der Waals surface area contributed by atoms with Crippen molar-refractivity contribution in [3.8, 4) is 0 Å². The van der Waals surface area contributed by atoms with Crippen LogP contribution in [0.15, 0.2) is 11.1 Å². The second kappa shape index (κ2) is 6.66. The Morgan fingerprint density at radius 3 is 2.67 bits per heavy atom. The summed E-state index contributed by atoms with van der Waals surface area (Å²) in [4.78, 5) is 2.51. The van der Waals surface area contributed by atoms with Crippen LogP contribution in [0.3, 0.4) is 0 Å². The van der Waals surface area contributed by atoms with Crippen molar-refractivity contribution < 1.29 is 0 Å². The third-order valence-corrected chi connectivity index (χ3v) is 3.67. The van der Waals surface area contributed by atoms with Gasteiger partial charge in [-0.05, 0) is 31.8 Å². The van der Waals surface area contributed by atoms with E-state index in [0.717, 1.165) is 24.1 Å². The molecule has 2 atom stereocenters. The highest BCUT2D eigenvalue weighted by Crippen LogP contribution is 2.28. The van der Waals surface area contributed by atoms with Gasteiger partial charge < -0.3 is 5.73 Å². The van der Waals surface area contributed by atoms with Gasteiger partial charge in [0.05, 0.1) is 0 Å². The summed E-state index contributed by atoms with van der Waals surface area (Å²) in [5, 5.41) is 0. The Kier molecular flexibility index (Phi) is 5.87. The minimum Gasteiger partial charge on any atom is -0.330 e. The second-order valence-corrected chi connectivity index (χ2v) is 5.55. The van der Waals surface area contributed by atoms with Crippen molar-refractivity contribution in [2.45, 2.75) is 38.6 Å². The molecule has 1 aliphatic carbocycles. The minimum atomic E-state index is 0.669. The average molecular weight is 275 g/mol. The average Bonchev–Trinajstić information content (AvgIpc) is 2.25. The summed E-state index contributed by atoms with van der Waals surface area (Å²) in [6, 6.07) is 0.669. The first-order chi connectivity index (χ1) is 7.19. The number of halogens is 1. The zero-order chi connectivity index (χ0) is 11.3. The lowest BCUT2D eigenvalue weighted by molar-refractivity contribution is 0.124. The predicted molar refractivity (Wildman–Crippen MR) is 70.1 cm³/mol. The molecule has 0 radical (unpaired) electrons. The van der Waals surface area contributed by atoms with Gasteiger partial charge in [0, 0.05) is 17.1 Å². The predicted octanol–water partition coefficient (Wildman–Crippen LogP) is 2.73. The molecule has 0 aromatic carbocycles. The van der Waals surface area contributed by atoms with Crippen LogP contribution in [0.1, 0.15) is 32.6 Å². The van der Waals surface area contributed by atoms with E-state index in [9.17, 15) is 0 Å². The highest BCUT2D eigenvalue weighted by atomic mass is 79.9. The van der Waals surface area contributed by atoms with E-state index in [1.165, 1.54) is 25.7 Å². The van der Waals surface area contributed by atoms with E-state index in [1.807, 2.05) is 0 Å². The molecule has 88 valence electrons. The zero-order valence-corrected chi connectivity index (χ0v) is 11.3. The number of likely N-dealkylation sites (N-methyl/N-ethyl adjacent to an activating group) is 1. The lowest BCUT2D eigenvalue weighted by Gasteiger charge is -2.39. The number of hydrogen-bond donors (Lipinski definition) is 1. The molecule has 0 heterocycles. The largest absolute Gasteiger partial charge is 0.330 e. The number of rotatable bonds is 5. The maximum atomic E-state index is 5.86. The standard InChI is InChI=1S/C12H23BrN2/c1-3-15(9-10(2)13)12-7-5-4-6-11(12)8-14/h11-12H,2-9,14H2,1H3. The van der Waals surface area contributed by atoms with E-state index < -0.39 is 0 Å². The molecule has 3 heteroatoms. The SMILES string of the molecule is C=C(Br)CN(CC)C1CCCCC1CN. The third-order valence-electron chi connectivity index (χ3n) is 3.42. The molecule has 1 saturated carbocycles. The van der Waals surface area contributed by atoms with Gasteiger partial charge in [0.25, 0.3) is 0 Å². The normalized spacial score (nSPS) is 26.9. The molecule has 0 saturated heterocycles. The monoisotopic (exact) mass is 274 g/mol. The lowest BCUT2D eigenvalue weighted by Crippen LogP contribution is -2.45. The van der Waals surface area contributed by atoms with E-state index >= 15 is 0 Å². The van der Waals surface area contributed by atoms with Crippen LogP contribution >= 0.6 is 15.9 Å². The van der Waals surface area contributed by atoms with Crippen LogP contribution in [0.5, 0.6) is 0 Å². The molecular weight excluding hydrogens is 252 g/mol. The van der Waals surface area contributed by atoms with Gasteiger partial charge in [-0.1, -0.05) is 42.3 Å². The van der Waals surface area contributed by atoms with Crippen LogP contribution in [-0.2, 0) is 0 Å². The van der Waals surface area contributed by atoms with Gasteiger partial charge in [-0.25, -0.2) is 0 Å². The molecule has 0 aromatic heterocycles. The van der Waals surface area contributed by atoms with Crippen LogP contribution < -0.4 is 5.73 Å². The topological polar surface area (TPSA) is 29.3 Å². The molecular formula is C12H23BrN2. The molecule has 2 unspecified atom stereocenters. The van der Waals surface area contributed by atoms with Crippen molar-refractivity contribution in [3.63, 3.8) is 0 Å². The van der Waals surface area contributed by atoms with E-state index in [1.54, 1.807) is 0 Å². The van der Waals surface area contributed by atoms with Crippen LogP contribution in [-0.4, -0.2) is 30.6 Å². The van der Waals surface area contributed by atoms with Gasteiger partial charge in [0.1, 0.15) is 0 Å². The molecule has 1 aliphatic rings. The first-order valence-electron chi connectivity index (χ1n) is 5.96. The molecule has 0 aromatic rings. The second-order valence-electron chi connectivity index (χ2n) is 4.43. The van der Waals surface area contributed by atoms with Gasteiger partial charge in [-0.2, -0.15) is 0 Å². The molecule has 2 nitrogen and oxygen atoms in total. The van der Waals surface area contributed by atoms with E-state index in [0.29, 0.717) is 12.0 Å². The fraction of sp³-hybridized carbons (Fsp3) is 0.833. The zero-order valence-electron chi connectivity index (χ0n) is 9.71. The van der Waals surface area contributed by atoms with Crippen molar-refractivity contribution in [1.82, 2.24) is 4.90 Å². The molecule has 2 N–H and O–H groups in total. The first kappa shape index (κ1) is 13.2. The van der Waals surface area contributed by atoms with Gasteiger partial charge in [0.2, 0.25) is 0 Å². The third kappa shape index (κ3) is 3.89. The maximum absolute atomic E-state index is 5.86.